The molecule has 1 aromatic heterocycles. The third kappa shape index (κ3) is 4.32. The topological polar surface area (TPSA) is 76.3 Å². The van der Waals surface area contributed by atoms with Gasteiger partial charge in [-0.3, -0.25) is 0 Å². The van der Waals surface area contributed by atoms with Gasteiger partial charge < -0.3 is 10.6 Å². The van der Waals surface area contributed by atoms with Gasteiger partial charge in [0.1, 0.15) is 15.7 Å². The lowest BCUT2D eigenvalue weighted by atomic mass is 10.2. The molecule has 2 N–H and O–H groups in total. The molecule has 0 saturated heterocycles. The molecule has 0 amide bonds. The highest BCUT2D eigenvalue weighted by atomic mass is 32.2. The molecule has 0 aliphatic rings. The minimum absolute atomic E-state index is 0.114. The predicted octanol–water partition coefficient (Wildman–Crippen LogP) is 0.330. The molecular weight excluding hydrogens is 238 g/mol. The molecule has 1 heterocycles. The van der Waals surface area contributed by atoms with Crippen LogP contribution >= 0.6 is 0 Å². The van der Waals surface area contributed by atoms with E-state index in [4.69, 9.17) is 5.73 Å². The van der Waals surface area contributed by atoms with E-state index in [-0.39, 0.29) is 5.75 Å². The van der Waals surface area contributed by atoms with E-state index < -0.39 is 9.84 Å². The van der Waals surface area contributed by atoms with Crippen LogP contribution in [0.3, 0.4) is 0 Å². The average Bonchev–Trinajstić information content (AvgIpc) is 2.25. The van der Waals surface area contributed by atoms with Crippen molar-refractivity contribution in [2.45, 2.75) is 13.5 Å². The molecule has 0 bridgehead atoms. The van der Waals surface area contributed by atoms with Crippen molar-refractivity contribution in [1.29, 1.82) is 0 Å². The van der Waals surface area contributed by atoms with E-state index in [1.807, 2.05) is 31.0 Å². The maximum absolute atomic E-state index is 11.1. The third-order valence-electron chi connectivity index (χ3n) is 2.47. The molecule has 0 spiro atoms. The second-order valence-corrected chi connectivity index (χ2v) is 6.45. The van der Waals surface area contributed by atoms with Crippen LogP contribution < -0.4 is 10.6 Å². The molecule has 5 nitrogen and oxygen atoms in total. The maximum atomic E-state index is 11.1. The van der Waals surface area contributed by atoms with Gasteiger partial charge >= 0.3 is 0 Å². The molecule has 17 heavy (non-hydrogen) atoms. The standard InChI is InChI=1S/C11H19N3O2S/c1-9-4-5-10(8-12)11(13-9)14(2)6-7-17(3,15)16/h4-5H,6-8,12H2,1-3H3. The maximum Gasteiger partial charge on any atom is 0.149 e. The van der Waals surface area contributed by atoms with Crippen molar-refractivity contribution in [3.63, 3.8) is 0 Å². The molecule has 1 rings (SSSR count). The second-order valence-electron chi connectivity index (χ2n) is 4.19. The molecule has 0 fully saturated rings. The number of nitrogens with zero attached hydrogens (tertiary/aromatic N) is 2. The van der Waals surface area contributed by atoms with Crippen LogP contribution in [0.15, 0.2) is 12.1 Å². The predicted molar refractivity (Wildman–Crippen MR) is 69.8 cm³/mol. The molecular formula is C11H19N3O2S. The SMILES string of the molecule is Cc1ccc(CN)c(N(C)CCS(C)(=O)=O)n1. The van der Waals surface area contributed by atoms with E-state index >= 15 is 0 Å². The summed E-state index contributed by atoms with van der Waals surface area (Å²) in [5.74, 6) is 0.875. The van der Waals surface area contributed by atoms with Gasteiger partial charge in [0.2, 0.25) is 0 Å². The summed E-state index contributed by atoms with van der Waals surface area (Å²) < 4.78 is 22.2. The van der Waals surface area contributed by atoms with Gasteiger partial charge in [0, 0.05) is 37.7 Å². The number of aromatic nitrogens is 1. The van der Waals surface area contributed by atoms with Gasteiger partial charge in [-0.1, -0.05) is 6.07 Å². The summed E-state index contributed by atoms with van der Waals surface area (Å²) >= 11 is 0. The van der Waals surface area contributed by atoms with Gasteiger partial charge in [0.15, 0.2) is 0 Å². The second kappa shape index (κ2) is 5.46. The van der Waals surface area contributed by atoms with Crippen molar-refractivity contribution in [3.05, 3.63) is 23.4 Å². The monoisotopic (exact) mass is 257 g/mol. The average molecular weight is 257 g/mol. The number of pyridine rings is 1. The van der Waals surface area contributed by atoms with Crippen LogP contribution in [0, 0.1) is 6.92 Å². The Bertz CT molecular complexity index is 485. The first-order valence-electron chi connectivity index (χ1n) is 5.39. The lowest BCUT2D eigenvalue weighted by Gasteiger charge is -2.20. The zero-order valence-corrected chi connectivity index (χ0v) is 11.3. The number of hydrogen-bond donors (Lipinski definition) is 1. The van der Waals surface area contributed by atoms with E-state index in [0.717, 1.165) is 17.1 Å². The van der Waals surface area contributed by atoms with Crippen molar-refractivity contribution < 1.29 is 8.42 Å². The van der Waals surface area contributed by atoms with Crippen LogP contribution in [0.4, 0.5) is 5.82 Å². The molecule has 0 unspecified atom stereocenters. The molecule has 0 aliphatic heterocycles. The number of nitrogens with two attached hydrogens (primary N) is 1. The highest BCUT2D eigenvalue weighted by molar-refractivity contribution is 7.90. The van der Waals surface area contributed by atoms with Crippen molar-refractivity contribution in [1.82, 2.24) is 4.98 Å². The zero-order valence-electron chi connectivity index (χ0n) is 10.5. The number of aryl methyl sites for hydroxylation is 1. The summed E-state index contributed by atoms with van der Waals surface area (Å²) in [7, 11) is -1.13. The zero-order chi connectivity index (χ0) is 13.1. The number of hydrogen-bond acceptors (Lipinski definition) is 5. The van der Waals surface area contributed by atoms with Crippen molar-refractivity contribution in [2.24, 2.45) is 5.73 Å². The van der Waals surface area contributed by atoms with E-state index in [9.17, 15) is 8.42 Å². The largest absolute Gasteiger partial charge is 0.358 e. The first-order chi connectivity index (χ1) is 7.83. The fourth-order valence-corrected chi connectivity index (χ4v) is 2.08. The number of anilines is 1. The Labute approximate surface area is 103 Å². The summed E-state index contributed by atoms with van der Waals surface area (Å²) in [6.07, 6.45) is 1.23. The Kier molecular flexibility index (Phi) is 4.47. The van der Waals surface area contributed by atoms with Crippen LogP contribution in [-0.2, 0) is 16.4 Å². The van der Waals surface area contributed by atoms with E-state index in [0.29, 0.717) is 13.1 Å². The van der Waals surface area contributed by atoms with Crippen LogP contribution in [0.5, 0.6) is 0 Å². The Hall–Kier alpha value is -1.14. The Balaban J connectivity index is 2.87. The smallest absolute Gasteiger partial charge is 0.149 e. The molecule has 0 atom stereocenters. The third-order valence-corrected chi connectivity index (χ3v) is 3.40. The van der Waals surface area contributed by atoms with Gasteiger partial charge in [0.05, 0.1) is 5.75 Å². The lowest BCUT2D eigenvalue weighted by Crippen LogP contribution is -2.27. The van der Waals surface area contributed by atoms with E-state index in [1.54, 1.807) is 0 Å². The summed E-state index contributed by atoms with van der Waals surface area (Å²) in [6.45, 7) is 2.71. The lowest BCUT2D eigenvalue weighted by molar-refractivity contribution is 0.601. The van der Waals surface area contributed by atoms with Crippen LogP contribution in [0.2, 0.25) is 0 Å². The van der Waals surface area contributed by atoms with Crippen LogP contribution in [-0.4, -0.2) is 39.0 Å². The Morgan fingerprint density at radius 2 is 2.06 bits per heavy atom. The van der Waals surface area contributed by atoms with Gasteiger partial charge in [0.25, 0.3) is 0 Å². The van der Waals surface area contributed by atoms with Crippen molar-refractivity contribution in [2.75, 3.05) is 30.5 Å². The van der Waals surface area contributed by atoms with Gasteiger partial charge in [-0.2, -0.15) is 0 Å². The van der Waals surface area contributed by atoms with Gasteiger partial charge in [-0.05, 0) is 13.0 Å². The molecule has 96 valence electrons. The Morgan fingerprint density at radius 3 is 2.59 bits per heavy atom. The van der Waals surface area contributed by atoms with E-state index in [2.05, 4.69) is 4.98 Å². The molecule has 0 aromatic carbocycles. The highest BCUT2D eigenvalue weighted by Gasteiger charge is 2.11. The summed E-state index contributed by atoms with van der Waals surface area (Å²) in [5, 5.41) is 0. The minimum Gasteiger partial charge on any atom is -0.358 e. The van der Waals surface area contributed by atoms with Gasteiger partial charge in [-0.25, -0.2) is 13.4 Å². The minimum atomic E-state index is -2.96. The fourth-order valence-electron chi connectivity index (χ4n) is 1.47. The summed E-state index contributed by atoms with van der Waals surface area (Å²) in [4.78, 5) is 6.23. The number of sulfone groups is 1. The highest BCUT2D eigenvalue weighted by Crippen LogP contribution is 2.16. The van der Waals surface area contributed by atoms with Gasteiger partial charge in [-0.15, -0.1) is 0 Å². The molecule has 1 aromatic rings. The van der Waals surface area contributed by atoms with Crippen LogP contribution in [0.1, 0.15) is 11.3 Å². The quantitative estimate of drug-likeness (QED) is 0.822. The van der Waals surface area contributed by atoms with Crippen molar-refractivity contribution >= 4 is 15.7 Å². The summed E-state index contributed by atoms with van der Waals surface area (Å²) in [6, 6.07) is 3.82. The first kappa shape index (κ1) is 13.9. The summed E-state index contributed by atoms with van der Waals surface area (Å²) in [5.41, 5.74) is 7.45. The number of rotatable bonds is 5. The first-order valence-corrected chi connectivity index (χ1v) is 7.45. The Morgan fingerprint density at radius 1 is 1.41 bits per heavy atom. The molecule has 0 saturated carbocycles. The molecule has 6 heteroatoms. The molecule has 0 radical (unpaired) electrons. The molecule has 0 aliphatic carbocycles. The van der Waals surface area contributed by atoms with Crippen molar-refractivity contribution in [3.8, 4) is 0 Å². The van der Waals surface area contributed by atoms with E-state index in [1.165, 1.54) is 6.26 Å². The fraction of sp³-hybridized carbons (Fsp3) is 0.545. The normalized spacial score (nSPS) is 11.5. The van der Waals surface area contributed by atoms with Crippen LogP contribution in [0.25, 0.3) is 0 Å².